The van der Waals surface area contributed by atoms with Crippen LogP contribution in [0.5, 0.6) is 5.75 Å². The maximum absolute atomic E-state index is 6.27. The molecule has 3 nitrogen and oxygen atoms in total. The van der Waals surface area contributed by atoms with Crippen molar-refractivity contribution < 1.29 is 4.74 Å². The van der Waals surface area contributed by atoms with Gasteiger partial charge in [0.05, 0.1) is 5.69 Å². The average molecular weight is 216 g/mol. The molecule has 5 heterocycles. The third-order valence-electron chi connectivity index (χ3n) is 4.45. The molecule has 0 amide bonds. The molecule has 3 heteroatoms. The highest BCUT2D eigenvalue weighted by molar-refractivity contribution is 5.35. The average Bonchev–Trinajstić information content (AvgIpc) is 2.68. The summed E-state index contributed by atoms with van der Waals surface area (Å²) in [6.07, 6.45) is 5.49. The number of fused-ring (bicyclic) bond motifs is 3. The highest BCUT2D eigenvalue weighted by Gasteiger charge is 2.52. The molecule has 3 fully saturated rings. The number of hydrogen-bond acceptors (Lipinski definition) is 3. The molecule has 4 aliphatic rings. The first-order valence-corrected chi connectivity index (χ1v) is 6.21. The number of piperidine rings is 3. The largest absolute Gasteiger partial charge is 0.483 e. The molecule has 0 saturated carbocycles. The fraction of sp³-hybridized carbons (Fsp3) is 0.615. The van der Waals surface area contributed by atoms with Crippen molar-refractivity contribution >= 4 is 0 Å². The fourth-order valence-corrected chi connectivity index (χ4v) is 3.63. The zero-order valence-electron chi connectivity index (χ0n) is 9.35. The summed E-state index contributed by atoms with van der Waals surface area (Å²) in [6, 6.07) is 4.04. The van der Waals surface area contributed by atoms with E-state index in [0.29, 0.717) is 0 Å². The zero-order chi connectivity index (χ0) is 10.6. The molecule has 1 aromatic heterocycles. The smallest absolute Gasteiger partial charge is 0.141 e. The van der Waals surface area contributed by atoms with E-state index >= 15 is 0 Å². The van der Waals surface area contributed by atoms with Gasteiger partial charge in [-0.1, -0.05) is 0 Å². The van der Waals surface area contributed by atoms with Gasteiger partial charge in [0.15, 0.2) is 0 Å². The second-order valence-corrected chi connectivity index (χ2v) is 5.34. The summed E-state index contributed by atoms with van der Waals surface area (Å²) in [5.74, 6) is 1.77. The minimum absolute atomic E-state index is 0.0627. The second kappa shape index (κ2) is 2.98. The molecule has 0 aromatic carbocycles. The fourth-order valence-electron chi connectivity index (χ4n) is 3.63. The van der Waals surface area contributed by atoms with Crippen molar-refractivity contribution in [2.75, 3.05) is 19.6 Å². The van der Waals surface area contributed by atoms with Crippen molar-refractivity contribution in [1.82, 2.24) is 9.88 Å². The van der Waals surface area contributed by atoms with E-state index in [1.165, 1.54) is 25.9 Å². The molecular formula is C13H16N2O. The Balaban J connectivity index is 1.72. The highest BCUT2D eigenvalue weighted by atomic mass is 16.5. The molecule has 3 saturated heterocycles. The Kier molecular flexibility index (Phi) is 1.67. The minimum atomic E-state index is 0.0627. The topological polar surface area (TPSA) is 25.4 Å². The van der Waals surface area contributed by atoms with Gasteiger partial charge < -0.3 is 4.74 Å². The molecule has 1 aromatic rings. The first kappa shape index (κ1) is 8.99. The van der Waals surface area contributed by atoms with Crippen LogP contribution in [0.4, 0.5) is 0 Å². The van der Waals surface area contributed by atoms with Crippen LogP contribution in [0.3, 0.4) is 0 Å². The summed E-state index contributed by atoms with van der Waals surface area (Å²) in [6.45, 7) is 3.63. The number of ether oxygens (including phenoxy) is 1. The maximum atomic E-state index is 6.27. The van der Waals surface area contributed by atoms with Crippen molar-refractivity contribution in [1.29, 1.82) is 0 Å². The van der Waals surface area contributed by atoms with Crippen LogP contribution < -0.4 is 4.74 Å². The predicted octanol–water partition coefficient (Wildman–Crippen LogP) is 1.48. The lowest BCUT2D eigenvalue weighted by atomic mass is 9.74. The molecule has 4 aliphatic heterocycles. The van der Waals surface area contributed by atoms with Gasteiger partial charge in [-0.05, 0) is 38.1 Å². The Labute approximate surface area is 95.4 Å². The Morgan fingerprint density at radius 1 is 1.38 bits per heavy atom. The van der Waals surface area contributed by atoms with E-state index in [4.69, 9.17) is 4.74 Å². The summed E-state index contributed by atoms with van der Waals surface area (Å²) >= 11 is 0. The second-order valence-electron chi connectivity index (χ2n) is 5.34. The Hall–Kier alpha value is -1.09. The number of pyridine rings is 1. The molecule has 1 atom stereocenters. The van der Waals surface area contributed by atoms with E-state index in [2.05, 4.69) is 16.0 Å². The van der Waals surface area contributed by atoms with E-state index in [9.17, 15) is 0 Å². The summed E-state index contributed by atoms with van der Waals surface area (Å²) in [7, 11) is 0. The van der Waals surface area contributed by atoms with Gasteiger partial charge in [-0.15, -0.1) is 0 Å². The van der Waals surface area contributed by atoms with Gasteiger partial charge in [-0.2, -0.15) is 0 Å². The number of hydrogen-bond donors (Lipinski definition) is 0. The van der Waals surface area contributed by atoms with Gasteiger partial charge in [0.1, 0.15) is 11.4 Å². The summed E-state index contributed by atoms with van der Waals surface area (Å²) in [5, 5.41) is 0. The minimum Gasteiger partial charge on any atom is -0.483 e. The van der Waals surface area contributed by atoms with E-state index in [1.807, 2.05) is 12.3 Å². The SMILES string of the molecule is c1cnc2c(c1)OC1(C2)CN2CCC1CC2. The molecule has 0 N–H and O–H groups in total. The summed E-state index contributed by atoms with van der Waals surface area (Å²) in [5.41, 5.74) is 1.23. The van der Waals surface area contributed by atoms with E-state index in [-0.39, 0.29) is 5.60 Å². The van der Waals surface area contributed by atoms with Crippen molar-refractivity contribution in [3.05, 3.63) is 24.0 Å². The van der Waals surface area contributed by atoms with Gasteiger partial charge in [0.2, 0.25) is 0 Å². The van der Waals surface area contributed by atoms with Crippen molar-refractivity contribution in [2.24, 2.45) is 5.92 Å². The molecule has 0 radical (unpaired) electrons. The zero-order valence-corrected chi connectivity index (χ0v) is 9.35. The maximum Gasteiger partial charge on any atom is 0.141 e. The Morgan fingerprint density at radius 2 is 2.25 bits per heavy atom. The number of nitrogens with zero attached hydrogens (tertiary/aromatic N) is 2. The molecule has 1 unspecified atom stereocenters. The molecule has 0 aliphatic carbocycles. The van der Waals surface area contributed by atoms with Gasteiger partial charge in [0.25, 0.3) is 0 Å². The molecule has 84 valence electrons. The lowest BCUT2D eigenvalue weighted by molar-refractivity contribution is -0.0799. The van der Waals surface area contributed by atoms with Crippen LogP contribution >= 0.6 is 0 Å². The van der Waals surface area contributed by atoms with E-state index < -0.39 is 0 Å². The van der Waals surface area contributed by atoms with Gasteiger partial charge >= 0.3 is 0 Å². The monoisotopic (exact) mass is 216 g/mol. The van der Waals surface area contributed by atoms with E-state index in [0.717, 1.165) is 30.3 Å². The molecule has 1 spiro atoms. The first-order valence-electron chi connectivity index (χ1n) is 6.21. The Bertz CT molecular complexity index is 399. The predicted molar refractivity (Wildman–Crippen MR) is 60.5 cm³/mol. The van der Waals surface area contributed by atoms with Gasteiger partial charge in [-0.25, -0.2) is 0 Å². The summed E-state index contributed by atoms with van der Waals surface area (Å²) in [4.78, 5) is 7.00. The molecule has 16 heavy (non-hydrogen) atoms. The van der Waals surface area contributed by atoms with Crippen LogP contribution in [0.15, 0.2) is 18.3 Å². The quantitative estimate of drug-likeness (QED) is 0.657. The van der Waals surface area contributed by atoms with Gasteiger partial charge in [-0.3, -0.25) is 9.88 Å². The van der Waals surface area contributed by atoms with Gasteiger partial charge in [0, 0.05) is 25.1 Å². The first-order chi connectivity index (χ1) is 7.86. The number of rotatable bonds is 0. The van der Waals surface area contributed by atoms with Crippen LogP contribution in [-0.4, -0.2) is 35.1 Å². The molecular weight excluding hydrogens is 200 g/mol. The lowest BCUT2D eigenvalue weighted by Gasteiger charge is -2.50. The molecule has 5 rings (SSSR count). The number of aromatic nitrogens is 1. The van der Waals surface area contributed by atoms with Crippen molar-refractivity contribution in [2.45, 2.75) is 24.9 Å². The lowest BCUT2D eigenvalue weighted by Crippen LogP contribution is -2.61. The van der Waals surface area contributed by atoms with Crippen LogP contribution in [0.1, 0.15) is 18.5 Å². The van der Waals surface area contributed by atoms with Crippen LogP contribution in [0.2, 0.25) is 0 Å². The highest BCUT2D eigenvalue weighted by Crippen LogP contribution is 2.45. The van der Waals surface area contributed by atoms with Crippen molar-refractivity contribution in [3.63, 3.8) is 0 Å². The molecule has 2 bridgehead atoms. The third kappa shape index (κ3) is 1.09. The standard InChI is InChI=1S/C13H16N2O/c1-2-12-11(14-5-1)8-13(16-12)9-15-6-3-10(13)4-7-15/h1-2,5,10H,3-4,6-9H2. The van der Waals surface area contributed by atoms with Crippen LogP contribution in [0.25, 0.3) is 0 Å². The van der Waals surface area contributed by atoms with Crippen LogP contribution in [-0.2, 0) is 6.42 Å². The summed E-state index contributed by atoms with van der Waals surface area (Å²) < 4.78 is 6.27. The third-order valence-corrected chi connectivity index (χ3v) is 4.45. The van der Waals surface area contributed by atoms with E-state index in [1.54, 1.807) is 0 Å². The van der Waals surface area contributed by atoms with Crippen LogP contribution in [0, 0.1) is 5.92 Å². The van der Waals surface area contributed by atoms with Crippen molar-refractivity contribution in [3.8, 4) is 5.75 Å². The Morgan fingerprint density at radius 3 is 2.94 bits per heavy atom. The normalized spacial score (nSPS) is 39.8.